The lowest BCUT2D eigenvalue weighted by atomic mass is 10.0. The van der Waals surface area contributed by atoms with Crippen LogP contribution in [0.4, 0.5) is 0 Å². The average molecular weight is 238 g/mol. The molecule has 17 heavy (non-hydrogen) atoms. The van der Waals surface area contributed by atoms with E-state index in [0.717, 1.165) is 31.0 Å². The molecule has 0 bridgehead atoms. The summed E-state index contributed by atoms with van der Waals surface area (Å²) in [5.41, 5.74) is 0. The van der Waals surface area contributed by atoms with Gasteiger partial charge < -0.3 is 4.42 Å². The Hall–Kier alpha value is -0.860. The Morgan fingerprint density at radius 3 is 2.29 bits per heavy atom. The third kappa shape index (κ3) is 4.14. The molecule has 2 unspecified atom stereocenters. The molecule has 0 saturated heterocycles. The monoisotopic (exact) mass is 238 g/mol. The van der Waals surface area contributed by atoms with Gasteiger partial charge in [0.25, 0.3) is 0 Å². The van der Waals surface area contributed by atoms with Gasteiger partial charge in [-0.05, 0) is 19.3 Å². The van der Waals surface area contributed by atoms with Gasteiger partial charge in [-0.15, -0.1) is 10.2 Å². The fraction of sp³-hybridized carbons (Fsp3) is 0.857. The summed E-state index contributed by atoms with van der Waals surface area (Å²) in [6, 6.07) is 0. The molecule has 0 amide bonds. The van der Waals surface area contributed by atoms with Gasteiger partial charge in [0.05, 0.1) is 0 Å². The third-order valence-electron chi connectivity index (χ3n) is 3.35. The topological polar surface area (TPSA) is 38.9 Å². The van der Waals surface area contributed by atoms with Crippen molar-refractivity contribution in [3.8, 4) is 0 Å². The maximum atomic E-state index is 5.83. The number of hydrogen-bond donors (Lipinski definition) is 0. The highest BCUT2D eigenvalue weighted by Gasteiger charge is 2.18. The Morgan fingerprint density at radius 1 is 1.00 bits per heavy atom. The van der Waals surface area contributed by atoms with Crippen LogP contribution in [0.2, 0.25) is 0 Å². The highest BCUT2D eigenvalue weighted by atomic mass is 16.4. The number of rotatable bonds is 8. The van der Waals surface area contributed by atoms with Crippen LogP contribution in [0.5, 0.6) is 0 Å². The smallest absolute Gasteiger partial charge is 0.219 e. The highest BCUT2D eigenvalue weighted by molar-refractivity contribution is 4.94. The second-order valence-electron chi connectivity index (χ2n) is 4.92. The standard InChI is InChI=1S/C14H26N2O/c1-5-8-10-11(4)13-15-16-14(17-13)12(7-3)9-6-2/h11-12H,5-10H2,1-4H3. The van der Waals surface area contributed by atoms with Gasteiger partial charge in [-0.3, -0.25) is 0 Å². The third-order valence-corrected chi connectivity index (χ3v) is 3.35. The van der Waals surface area contributed by atoms with Crippen molar-refractivity contribution in [2.75, 3.05) is 0 Å². The van der Waals surface area contributed by atoms with Gasteiger partial charge >= 0.3 is 0 Å². The average Bonchev–Trinajstić information content (AvgIpc) is 2.82. The van der Waals surface area contributed by atoms with Crippen LogP contribution >= 0.6 is 0 Å². The van der Waals surface area contributed by atoms with Gasteiger partial charge in [-0.2, -0.15) is 0 Å². The molecule has 0 spiro atoms. The highest BCUT2D eigenvalue weighted by Crippen LogP contribution is 2.26. The maximum Gasteiger partial charge on any atom is 0.219 e. The molecular formula is C14H26N2O. The molecule has 3 heteroatoms. The second-order valence-corrected chi connectivity index (χ2v) is 4.92. The summed E-state index contributed by atoms with van der Waals surface area (Å²) in [6.07, 6.45) is 6.98. The zero-order valence-corrected chi connectivity index (χ0v) is 11.7. The quantitative estimate of drug-likeness (QED) is 0.661. The Balaban J connectivity index is 2.62. The summed E-state index contributed by atoms with van der Waals surface area (Å²) in [6.45, 7) is 8.77. The minimum Gasteiger partial charge on any atom is -0.425 e. The van der Waals surface area contributed by atoms with E-state index in [1.807, 2.05) is 0 Å². The molecule has 0 aliphatic rings. The van der Waals surface area contributed by atoms with Crippen molar-refractivity contribution in [1.29, 1.82) is 0 Å². The Bertz CT molecular complexity index is 309. The molecule has 3 nitrogen and oxygen atoms in total. The SMILES string of the molecule is CCCCC(C)c1nnc(C(CC)CCC)o1. The number of unbranched alkanes of at least 4 members (excludes halogenated alkanes) is 1. The van der Waals surface area contributed by atoms with Crippen LogP contribution in [0.1, 0.15) is 89.8 Å². The summed E-state index contributed by atoms with van der Waals surface area (Å²) in [4.78, 5) is 0. The minimum absolute atomic E-state index is 0.398. The van der Waals surface area contributed by atoms with Crippen LogP contribution in [-0.2, 0) is 0 Å². The van der Waals surface area contributed by atoms with Gasteiger partial charge in [0.2, 0.25) is 11.8 Å². The molecule has 0 fully saturated rings. The fourth-order valence-corrected chi connectivity index (χ4v) is 2.10. The van der Waals surface area contributed by atoms with Crippen molar-refractivity contribution in [3.05, 3.63) is 11.8 Å². The maximum absolute atomic E-state index is 5.83. The first kappa shape index (κ1) is 14.2. The second kappa shape index (κ2) is 7.46. The molecule has 1 aromatic rings. The largest absolute Gasteiger partial charge is 0.425 e. The molecule has 0 N–H and O–H groups in total. The van der Waals surface area contributed by atoms with E-state index >= 15 is 0 Å². The predicted octanol–water partition coefficient (Wildman–Crippen LogP) is 4.66. The molecular weight excluding hydrogens is 212 g/mol. The van der Waals surface area contributed by atoms with Crippen LogP contribution in [0.15, 0.2) is 4.42 Å². The van der Waals surface area contributed by atoms with Crippen LogP contribution in [-0.4, -0.2) is 10.2 Å². The van der Waals surface area contributed by atoms with Crippen molar-refractivity contribution >= 4 is 0 Å². The van der Waals surface area contributed by atoms with E-state index in [4.69, 9.17) is 4.42 Å². The lowest BCUT2D eigenvalue weighted by Crippen LogP contribution is -1.97. The number of hydrogen-bond acceptors (Lipinski definition) is 3. The van der Waals surface area contributed by atoms with E-state index in [-0.39, 0.29) is 0 Å². The van der Waals surface area contributed by atoms with Crippen LogP contribution in [0.3, 0.4) is 0 Å². The molecule has 98 valence electrons. The van der Waals surface area contributed by atoms with E-state index < -0.39 is 0 Å². The lowest BCUT2D eigenvalue weighted by Gasteiger charge is -2.08. The Morgan fingerprint density at radius 2 is 1.71 bits per heavy atom. The first-order valence-electron chi connectivity index (χ1n) is 7.06. The fourth-order valence-electron chi connectivity index (χ4n) is 2.10. The predicted molar refractivity (Wildman–Crippen MR) is 70.2 cm³/mol. The molecule has 0 saturated carbocycles. The van der Waals surface area contributed by atoms with E-state index in [1.54, 1.807) is 0 Å². The molecule has 0 aliphatic carbocycles. The zero-order chi connectivity index (χ0) is 12.7. The Kier molecular flexibility index (Phi) is 6.23. The van der Waals surface area contributed by atoms with Gasteiger partial charge in [0.15, 0.2) is 0 Å². The minimum atomic E-state index is 0.398. The van der Waals surface area contributed by atoms with Crippen molar-refractivity contribution < 1.29 is 4.42 Å². The van der Waals surface area contributed by atoms with Gasteiger partial charge in [0, 0.05) is 11.8 Å². The van der Waals surface area contributed by atoms with Crippen LogP contribution in [0, 0.1) is 0 Å². The van der Waals surface area contributed by atoms with E-state index in [0.29, 0.717) is 11.8 Å². The Labute approximate surface area is 105 Å². The first-order chi connectivity index (χ1) is 8.22. The van der Waals surface area contributed by atoms with Crippen molar-refractivity contribution in [2.24, 2.45) is 0 Å². The molecule has 1 heterocycles. The molecule has 1 aromatic heterocycles. The number of nitrogens with zero attached hydrogens (tertiary/aromatic N) is 2. The summed E-state index contributed by atoms with van der Waals surface area (Å²) < 4.78 is 5.83. The summed E-state index contributed by atoms with van der Waals surface area (Å²) in [5, 5.41) is 8.42. The van der Waals surface area contributed by atoms with Gasteiger partial charge in [-0.1, -0.05) is 47.0 Å². The van der Waals surface area contributed by atoms with Gasteiger partial charge in [0.1, 0.15) is 0 Å². The first-order valence-corrected chi connectivity index (χ1v) is 7.06. The number of aromatic nitrogens is 2. The van der Waals surface area contributed by atoms with Crippen LogP contribution < -0.4 is 0 Å². The van der Waals surface area contributed by atoms with Gasteiger partial charge in [-0.25, -0.2) is 0 Å². The molecule has 0 aromatic carbocycles. The molecule has 1 rings (SSSR count). The summed E-state index contributed by atoms with van der Waals surface area (Å²) >= 11 is 0. The molecule has 2 atom stereocenters. The lowest BCUT2D eigenvalue weighted by molar-refractivity contribution is 0.374. The zero-order valence-electron chi connectivity index (χ0n) is 11.7. The molecule has 0 radical (unpaired) electrons. The van der Waals surface area contributed by atoms with Crippen molar-refractivity contribution in [3.63, 3.8) is 0 Å². The van der Waals surface area contributed by atoms with Crippen LogP contribution in [0.25, 0.3) is 0 Å². The van der Waals surface area contributed by atoms with E-state index in [9.17, 15) is 0 Å². The summed E-state index contributed by atoms with van der Waals surface area (Å²) in [7, 11) is 0. The van der Waals surface area contributed by atoms with E-state index in [2.05, 4.69) is 37.9 Å². The van der Waals surface area contributed by atoms with Crippen molar-refractivity contribution in [1.82, 2.24) is 10.2 Å². The molecule has 0 aliphatic heterocycles. The van der Waals surface area contributed by atoms with E-state index in [1.165, 1.54) is 19.3 Å². The summed E-state index contributed by atoms with van der Waals surface area (Å²) in [5.74, 6) is 2.51. The van der Waals surface area contributed by atoms with Crippen molar-refractivity contribution in [2.45, 2.75) is 78.1 Å². The normalized spacial score (nSPS) is 14.8.